The number of aromatic nitrogens is 2. The molecular weight excluding hydrogens is 236 g/mol. The highest BCUT2D eigenvalue weighted by Crippen LogP contribution is 2.22. The highest BCUT2D eigenvalue weighted by molar-refractivity contribution is 5.70. The summed E-state index contributed by atoms with van der Waals surface area (Å²) in [6.07, 6.45) is 1.59. The summed E-state index contributed by atoms with van der Waals surface area (Å²) < 4.78 is 6.29. The molecule has 6 nitrogen and oxygen atoms in total. The summed E-state index contributed by atoms with van der Waals surface area (Å²) in [5.74, 6) is -1.20. The molecule has 1 aliphatic carbocycles. The lowest BCUT2D eigenvalue weighted by Crippen LogP contribution is -2.30. The number of hydrogen-bond donors (Lipinski definition) is 1. The number of rotatable bonds is 4. The van der Waals surface area contributed by atoms with Gasteiger partial charge in [0.25, 0.3) is 5.56 Å². The average Bonchev–Trinajstić information content (AvgIpc) is 2.35. The number of carbonyl (C=O) groups is 1. The van der Waals surface area contributed by atoms with Gasteiger partial charge in [-0.2, -0.15) is 5.10 Å². The maximum atomic E-state index is 11.8. The van der Waals surface area contributed by atoms with Gasteiger partial charge in [-0.25, -0.2) is 4.68 Å². The molecule has 0 bridgehead atoms. The Bertz CT molecular complexity index is 509. The Morgan fingerprint density at radius 3 is 3.11 bits per heavy atom. The van der Waals surface area contributed by atoms with E-state index in [1.165, 1.54) is 10.7 Å². The van der Waals surface area contributed by atoms with E-state index in [-0.39, 0.29) is 5.56 Å². The standard InChI is InChI=1S/C12H16N2O4/c1-18-5-4-14-11(15)7-9-6-8(12(16)17)2-3-10(9)13-14/h7-8H,2-6H2,1H3,(H,16,17). The van der Waals surface area contributed by atoms with E-state index >= 15 is 0 Å². The molecule has 6 heteroatoms. The van der Waals surface area contributed by atoms with Crippen molar-refractivity contribution in [2.75, 3.05) is 13.7 Å². The molecule has 2 rings (SSSR count). The lowest BCUT2D eigenvalue weighted by molar-refractivity contribution is -0.142. The normalized spacial score (nSPS) is 18.4. The fourth-order valence-corrected chi connectivity index (χ4v) is 2.18. The average molecular weight is 252 g/mol. The quantitative estimate of drug-likeness (QED) is 0.820. The molecule has 1 aromatic rings. The van der Waals surface area contributed by atoms with Gasteiger partial charge in [0.15, 0.2) is 0 Å². The van der Waals surface area contributed by atoms with Crippen LogP contribution in [-0.2, 0) is 28.9 Å². The zero-order chi connectivity index (χ0) is 13.1. The first-order valence-electron chi connectivity index (χ1n) is 5.93. The van der Waals surface area contributed by atoms with Crippen LogP contribution in [-0.4, -0.2) is 34.6 Å². The van der Waals surface area contributed by atoms with Crippen molar-refractivity contribution in [3.63, 3.8) is 0 Å². The Morgan fingerprint density at radius 1 is 1.67 bits per heavy atom. The van der Waals surface area contributed by atoms with E-state index in [1.54, 1.807) is 7.11 Å². The van der Waals surface area contributed by atoms with E-state index in [4.69, 9.17) is 9.84 Å². The molecule has 1 N–H and O–H groups in total. The van der Waals surface area contributed by atoms with E-state index in [0.29, 0.717) is 32.4 Å². The van der Waals surface area contributed by atoms with Crippen LogP contribution in [0.2, 0.25) is 0 Å². The van der Waals surface area contributed by atoms with Gasteiger partial charge >= 0.3 is 5.97 Å². The first kappa shape index (κ1) is 12.8. The van der Waals surface area contributed by atoms with Gasteiger partial charge in [-0.15, -0.1) is 0 Å². The zero-order valence-corrected chi connectivity index (χ0v) is 10.3. The second kappa shape index (κ2) is 5.30. The molecule has 98 valence electrons. The van der Waals surface area contributed by atoms with Crippen LogP contribution in [0, 0.1) is 5.92 Å². The molecule has 0 saturated carbocycles. The maximum Gasteiger partial charge on any atom is 0.306 e. The van der Waals surface area contributed by atoms with Crippen molar-refractivity contribution in [3.05, 3.63) is 27.7 Å². The lowest BCUT2D eigenvalue weighted by atomic mass is 9.87. The zero-order valence-electron chi connectivity index (χ0n) is 10.3. The lowest BCUT2D eigenvalue weighted by Gasteiger charge is -2.21. The van der Waals surface area contributed by atoms with Crippen LogP contribution in [0.4, 0.5) is 0 Å². The minimum atomic E-state index is -0.802. The highest BCUT2D eigenvalue weighted by Gasteiger charge is 2.25. The third-order valence-corrected chi connectivity index (χ3v) is 3.22. The number of ether oxygens (including phenoxy) is 1. The summed E-state index contributed by atoms with van der Waals surface area (Å²) in [6, 6.07) is 1.51. The number of carboxylic acid groups (broad SMARTS) is 1. The molecule has 0 aromatic carbocycles. The van der Waals surface area contributed by atoms with Gasteiger partial charge in [0.2, 0.25) is 0 Å². The summed E-state index contributed by atoms with van der Waals surface area (Å²) in [5.41, 5.74) is 1.41. The monoisotopic (exact) mass is 252 g/mol. The van der Waals surface area contributed by atoms with Crippen LogP contribution in [0.5, 0.6) is 0 Å². The number of aryl methyl sites for hydroxylation is 1. The van der Waals surface area contributed by atoms with E-state index in [1.807, 2.05) is 0 Å². The van der Waals surface area contributed by atoms with Crippen molar-refractivity contribution in [1.82, 2.24) is 9.78 Å². The SMILES string of the molecule is COCCn1nc2c(cc1=O)CC(C(=O)O)CC2. The molecule has 0 aliphatic heterocycles. The molecule has 18 heavy (non-hydrogen) atoms. The number of nitrogens with zero attached hydrogens (tertiary/aromatic N) is 2. The summed E-state index contributed by atoms with van der Waals surface area (Å²) in [7, 11) is 1.57. The molecule has 1 atom stereocenters. The van der Waals surface area contributed by atoms with Gasteiger partial charge < -0.3 is 9.84 Å². The summed E-state index contributed by atoms with van der Waals surface area (Å²) >= 11 is 0. The van der Waals surface area contributed by atoms with Gasteiger partial charge in [0, 0.05) is 13.2 Å². The van der Waals surface area contributed by atoms with Crippen molar-refractivity contribution in [3.8, 4) is 0 Å². The van der Waals surface area contributed by atoms with Crippen LogP contribution in [0.3, 0.4) is 0 Å². The topological polar surface area (TPSA) is 81.4 Å². The number of fused-ring (bicyclic) bond motifs is 1. The van der Waals surface area contributed by atoms with Crippen LogP contribution < -0.4 is 5.56 Å². The van der Waals surface area contributed by atoms with Gasteiger partial charge in [-0.05, 0) is 24.8 Å². The van der Waals surface area contributed by atoms with Crippen molar-refractivity contribution in [2.24, 2.45) is 5.92 Å². The fraction of sp³-hybridized carbons (Fsp3) is 0.583. The molecule has 1 aromatic heterocycles. The highest BCUT2D eigenvalue weighted by atomic mass is 16.5. The number of methoxy groups -OCH3 is 1. The molecule has 0 saturated heterocycles. The van der Waals surface area contributed by atoms with Crippen LogP contribution >= 0.6 is 0 Å². The minimum absolute atomic E-state index is 0.197. The number of hydrogen-bond acceptors (Lipinski definition) is 4. The Kier molecular flexibility index (Phi) is 3.76. The van der Waals surface area contributed by atoms with Crippen molar-refractivity contribution in [2.45, 2.75) is 25.8 Å². The van der Waals surface area contributed by atoms with E-state index < -0.39 is 11.9 Å². The van der Waals surface area contributed by atoms with Crippen LogP contribution in [0.25, 0.3) is 0 Å². The molecule has 1 unspecified atom stereocenters. The predicted molar refractivity (Wildman–Crippen MR) is 63.5 cm³/mol. The Balaban J connectivity index is 2.24. The number of aliphatic carboxylic acids is 1. The van der Waals surface area contributed by atoms with Gasteiger partial charge in [0.1, 0.15) is 0 Å². The molecule has 0 spiro atoms. The third-order valence-electron chi connectivity index (χ3n) is 3.22. The fourth-order valence-electron chi connectivity index (χ4n) is 2.18. The minimum Gasteiger partial charge on any atom is -0.481 e. The Hall–Kier alpha value is -1.69. The van der Waals surface area contributed by atoms with Crippen molar-refractivity contribution < 1.29 is 14.6 Å². The molecule has 0 radical (unpaired) electrons. The van der Waals surface area contributed by atoms with E-state index in [2.05, 4.69) is 5.10 Å². The van der Waals surface area contributed by atoms with Crippen molar-refractivity contribution in [1.29, 1.82) is 0 Å². The van der Waals surface area contributed by atoms with Crippen LogP contribution in [0.1, 0.15) is 17.7 Å². The van der Waals surface area contributed by atoms with Gasteiger partial charge in [0.05, 0.1) is 24.8 Å². The summed E-state index contributed by atoms with van der Waals surface area (Å²) in [6.45, 7) is 0.856. The van der Waals surface area contributed by atoms with E-state index in [0.717, 1.165) is 11.3 Å². The number of carboxylic acids is 1. The molecule has 0 fully saturated rings. The second-order valence-corrected chi connectivity index (χ2v) is 4.45. The Morgan fingerprint density at radius 2 is 2.44 bits per heavy atom. The largest absolute Gasteiger partial charge is 0.481 e. The Labute approximate surface area is 104 Å². The summed E-state index contributed by atoms with van der Waals surface area (Å²) in [5, 5.41) is 13.3. The molecular formula is C12H16N2O4. The first-order chi connectivity index (χ1) is 8.61. The predicted octanol–water partition coefficient (Wildman–Crippen LogP) is 0.0792. The molecule has 0 amide bonds. The van der Waals surface area contributed by atoms with Gasteiger partial charge in [-0.1, -0.05) is 0 Å². The smallest absolute Gasteiger partial charge is 0.306 e. The van der Waals surface area contributed by atoms with Crippen LogP contribution in [0.15, 0.2) is 10.9 Å². The third kappa shape index (κ3) is 2.59. The summed E-state index contributed by atoms with van der Waals surface area (Å²) in [4.78, 5) is 22.7. The van der Waals surface area contributed by atoms with Gasteiger partial charge in [-0.3, -0.25) is 9.59 Å². The maximum absolute atomic E-state index is 11.8. The second-order valence-electron chi connectivity index (χ2n) is 4.45. The first-order valence-corrected chi connectivity index (χ1v) is 5.93. The molecule has 1 heterocycles. The van der Waals surface area contributed by atoms with Crippen molar-refractivity contribution >= 4 is 5.97 Å². The van der Waals surface area contributed by atoms with E-state index in [9.17, 15) is 9.59 Å². The molecule has 1 aliphatic rings.